The normalized spacial score (nSPS) is 12.4. The van der Waals surface area contributed by atoms with E-state index in [1.807, 2.05) is 0 Å². The Balaban J connectivity index is 0. The molecule has 0 unspecified atom stereocenters. The van der Waals surface area contributed by atoms with Crippen LogP contribution in [0.4, 0.5) is 0 Å². The minimum atomic E-state index is -0.931. The van der Waals surface area contributed by atoms with Crippen molar-refractivity contribution in [1.82, 2.24) is 0 Å². The third kappa shape index (κ3) is 4.92. The van der Waals surface area contributed by atoms with Gasteiger partial charge in [-0.25, -0.2) is 0 Å². The zero-order chi connectivity index (χ0) is 6.73. The van der Waals surface area contributed by atoms with Crippen LogP contribution in [-0.4, -0.2) is 17.1 Å². The van der Waals surface area contributed by atoms with E-state index in [1.54, 1.807) is 13.8 Å². The molecule has 3 nitrogen and oxygen atoms in total. The molecule has 9 heavy (non-hydrogen) atoms. The first kappa shape index (κ1) is 12.2. The van der Waals surface area contributed by atoms with Crippen LogP contribution in [0.3, 0.4) is 0 Å². The van der Waals surface area contributed by atoms with Gasteiger partial charge in [0.25, 0.3) is 0 Å². The van der Waals surface area contributed by atoms with E-state index in [9.17, 15) is 4.79 Å². The van der Waals surface area contributed by atoms with E-state index in [1.165, 1.54) is 0 Å². The van der Waals surface area contributed by atoms with E-state index >= 15 is 0 Å². The average molecular weight is 354 g/mol. The Morgan fingerprint density at radius 1 is 1.56 bits per heavy atom. The summed E-state index contributed by atoms with van der Waals surface area (Å²) in [6.07, 6.45) is 0. The Hall–Kier alpha value is 0.443. The van der Waals surface area contributed by atoms with Gasteiger partial charge in [0.1, 0.15) is 6.04 Å². The van der Waals surface area contributed by atoms with E-state index in [0.29, 0.717) is 0 Å². The largest absolute Gasteiger partial charge is 0.480 e. The van der Waals surface area contributed by atoms with E-state index in [4.69, 9.17) is 10.8 Å². The zero-order valence-electron chi connectivity index (χ0n) is 5.53. The van der Waals surface area contributed by atoms with Crippen LogP contribution < -0.4 is 5.73 Å². The summed E-state index contributed by atoms with van der Waals surface area (Å²) >= 11 is 0. The molecule has 0 rings (SSSR count). The Kier molecular flexibility index (Phi) is 7.08. The smallest absolute Gasteiger partial charge is 0.320 e. The summed E-state index contributed by atoms with van der Waals surface area (Å²) in [5.41, 5.74) is 5.16. The fourth-order valence-electron chi connectivity index (χ4n) is 0.285. The monoisotopic (exact) mass is 353 g/mol. The molecule has 0 fully saturated rings. The van der Waals surface area contributed by atoms with E-state index in [-0.39, 0.29) is 35.9 Å². The third-order valence-corrected chi connectivity index (χ3v) is 1.00. The van der Waals surface area contributed by atoms with Crippen LogP contribution in [-0.2, 0) is 4.79 Å². The van der Waals surface area contributed by atoms with Crippen molar-refractivity contribution in [3.8, 4) is 0 Å². The molecule has 0 amide bonds. The molecule has 0 aromatic heterocycles. The molecule has 0 bridgehead atoms. The molecule has 3 N–H and O–H groups in total. The molecule has 0 aliphatic rings. The van der Waals surface area contributed by atoms with Gasteiger partial charge in [-0.3, -0.25) is 4.79 Å². The third-order valence-electron chi connectivity index (χ3n) is 1.00. The van der Waals surface area contributed by atoms with Crippen LogP contribution in [0.15, 0.2) is 0 Å². The number of carboxylic acid groups (broad SMARTS) is 1. The van der Waals surface area contributed by atoms with Crippen molar-refractivity contribution in [2.24, 2.45) is 11.7 Å². The molecule has 0 heterocycles. The molecule has 1 radical (unpaired) electrons. The number of aliphatic carboxylic acids is 1. The fourth-order valence-corrected chi connectivity index (χ4v) is 0.285. The van der Waals surface area contributed by atoms with Crippen LogP contribution in [0, 0.1) is 35.9 Å². The summed E-state index contributed by atoms with van der Waals surface area (Å²) in [6, 6.07) is -0.713. The molecule has 0 aromatic carbocycles. The molecular weight excluding hydrogens is 343 g/mol. The standard InChI is InChI=1S/C5H11NO2.Np/c1-3(2)4(6)5(7)8;/h3-4H,6H2,1-2H3,(H,7,8);/t4-;/m0./s1. The topological polar surface area (TPSA) is 63.3 Å². The van der Waals surface area contributed by atoms with Gasteiger partial charge in [0.15, 0.2) is 0 Å². The molecule has 0 aliphatic carbocycles. The van der Waals surface area contributed by atoms with E-state index in [0.717, 1.165) is 0 Å². The summed E-state index contributed by atoms with van der Waals surface area (Å²) in [5, 5.41) is 8.23. The quantitative estimate of drug-likeness (QED) is 0.737. The van der Waals surface area contributed by atoms with Crippen molar-refractivity contribution < 1.29 is 39.8 Å². The van der Waals surface area contributed by atoms with Gasteiger partial charge < -0.3 is 10.8 Å². The number of carboxylic acids is 1. The number of rotatable bonds is 2. The molecule has 0 aliphatic heterocycles. The Labute approximate surface area is 77.3 Å². The van der Waals surface area contributed by atoms with Gasteiger partial charge in [0, 0.05) is 29.9 Å². The SMILES string of the molecule is CC(C)[C@H](N)C(=O)O.[Np]. The van der Waals surface area contributed by atoms with Crippen molar-refractivity contribution in [3.63, 3.8) is 0 Å². The maximum Gasteiger partial charge on any atom is 0.320 e. The Morgan fingerprint density at radius 3 is 1.89 bits per heavy atom. The molecule has 53 valence electrons. The average Bonchev–Trinajstić information content (AvgIpc) is 1.64. The Morgan fingerprint density at radius 2 is 1.89 bits per heavy atom. The van der Waals surface area contributed by atoms with E-state index in [2.05, 4.69) is 0 Å². The van der Waals surface area contributed by atoms with Gasteiger partial charge in [0.2, 0.25) is 0 Å². The van der Waals surface area contributed by atoms with Crippen molar-refractivity contribution in [3.05, 3.63) is 0 Å². The molecule has 4 heteroatoms. The van der Waals surface area contributed by atoms with Crippen LogP contribution in [0.25, 0.3) is 0 Å². The van der Waals surface area contributed by atoms with Gasteiger partial charge in [-0.2, -0.15) is 0 Å². The van der Waals surface area contributed by atoms with E-state index < -0.39 is 12.0 Å². The van der Waals surface area contributed by atoms with Crippen LogP contribution >= 0.6 is 0 Å². The maximum atomic E-state index is 10.0. The molecule has 1 atom stereocenters. The summed E-state index contributed by atoms with van der Waals surface area (Å²) < 4.78 is 0. The fraction of sp³-hybridized carbons (Fsp3) is 0.800. The summed E-state index contributed by atoms with van der Waals surface area (Å²) in [5.74, 6) is -0.910. The van der Waals surface area contributed by atoms with Gasteiger partial charge in [0.05, 0.1) is 0 Å². The van der Waals surface area contributed by atoms with Gasteiger partial charge in [-0.05, 0) is 5.92 Å². The molecule has 0 aromatic rings. The summed E-state index contributed by atoms with van der Waals surface area (Å²) in [4.78, 5) is 10.0. The Bertz CT molecular complexity index is 95.0. The van der Waals surface area contributed by atoms with Crippen LogP contribution in [0.2, 0.25) is 0 Å². The minimum Gasteiger partial charge on any atom is -0.480 e. The van der Waals surface area contributed by atoms with Crippen LogP contribution in [0.5, 0.6) is 0 Å². The molecule has 0 spiro atoms. The molecule has 0 saturated carbocycles. The number of hydrogen-bond acceptors (Lipinski definition) is 2. The van der Waals surface area contributed by atoms with Crippen molar-refractivity contribution in [2.75, 3.05) is 0 Å². The van der Waals surface area contributed by atoms with Gasteiger partial charge >= 0.3 is 5.97 Å². The van der Waals surface area contributed by atoms with Crippen molar-refractivity contribution in [1.29, 1.82) is 0 Å². The maximum absolute atomic E-state index is 10.0. The van der Waals surface area contributed by atoms with Crippen molar-refractivity contribution >= 4 is 5.97 Å². The minimum absolute atomic E-state index is 0. The zero-order valence-corrected chi connectivity index (χ0v) is 9.26. The summed E-state index contributed by atoms with van der Waals surface area (Å²) in [7, 11) is 0. The van der Waals surface area contributed by atoms with Crippen LogP contribution in [0.1, 0.15) is 13.8 Å². The second-order valence-electron chi connectivity index (χ2n) is 2.11. The predicted molar refractivity (Wildman–Crippen MR) is 30.4 cm³/mol. The molecular formula is C5H11NNpO2. The second-order valence-corrected chi connectivity index (χ2v) is 2.11. The molecule has 0 saturated heterocycles. The first-order valence-electron chi connectivity index (χ1n) is 2.54. The summed E-state index contributed by atoms with van der Waals surface area (Å²) in [6.45, 7) is 3.55. The van der Waals surface area contributed by atoms with Gasteiger partial charge in [-0.1, -0.05) is 13.8 Å². The van der Waals surface area contributed by atoms with Crippen molar-refractivity contribution in [2.45, 2.75) is 19.9 Å². The predicted octanol–water partition coefficient (Wildman–Crippen LogP) is 0.0543. The first-order chi connectivity index (χ1) is 3.55. The number of hydrogen-bond donors (Lipinski definition) is 2. The number of carbonyl (C=O) groups is 1. The number of nitrogens with two attached hydrogens (primary N) is 1. The second kappa shape index (κ2) is 5.25. The first-order valence-corrected chi connectivity index (χ1v) is 2.54. The van der Waals surface area contributed by atoms with Gasteiger partial charge in [-0.15, -0.1) is 0 Å².